The van der Waals surface area contributed by atoms with E-state index in [1.807, 2.05) is 0 Å². The summed E-state index contributed by atoms with van der Waals surface area (Å²) in [5.74, 6) is 0.803. The molecule has 1 saturated carbocycles. The Morgan fingerprint density at radius 1 is 1.05 bits per heavy atom. The molecule has 0 saturated heterocycles. The molecule has 0 atom stereocenters. The summed E-state index contributed by atoms with van der Waals surface area (Å²) >= 11 is 0. The van der Waals surface area contributed by atoms with Crippen molar-refractivity contribution in [2.24, 2.45) is 5.92 Å². The fourth-order valence-electron chi connectivity index (χ4n) is 3.10. The molecule has 0 unspecified atom stereocenters. The van der Waals surface area contributed by atoms with Crippen LogP contribution in [0.2, 0.25) is 0 Å². The Balaban J connectivity index is 1.58. The average Bonchev–Trinajstić information content (AvgIpc) is 2.52. The van der Waals surface area contributed by atoms with E-state index in [-0.39, 0.29) is 0 Å². The molecule has 20 heavy (non-hydrogen) atoms. The predicted octanol–water partition coefficient (Wildman–Crippen LogP) is 6.09. The van der Waals surface area contributed by atoms with Crippen molar-refractivity contribution in [1.82, 2.24) is 0 Å². The first-order chi connectivity index (χ1) is 9.86. The highest BCUT2D eigenvalue weighted by molar-refractivity contribution is 5.14. The Labute approximate surface area is 124 Å². The summed E-state index contributed by atoms with van der Waals surface area (Å²) in [7, 11) is 0. The number of rotatable bonds is 7. The third kappa shape index (κ3) is 5.36. The standard InChI is InChI=1S/C20H28/c1-18(20-16-10-5-11-17-20)12-6-2-3-7-13-19-14-8-4-9-15-19/h2,4,6,8-9,14-15,20H,1,3,5,7,10-13,16-17H2/b6-2+. The zero-order chi connectivity index (χ0) is 14.0. The second-order valence-electron chi connectivity index (χ2n) is 6.05. The number of benzene rings is 1. The van der Waals surface area contributed by atoms with Crippen molar-refractivity contribution in [2.75, 3.05) is 0 Å². The van der Waals surface area contributed by atoms with Gasteiger partial charge in [0.2, 0.25) is 0 Å². The topological polar surface area (TPSA) is 0 Å². The number of aryl methyl sites for hydroxylation is 1. The van der Waals surface area contributed by atoms with Crippen LogP contribution in [0.25, 0.3) is 0 Å². The molecule has 0 heteroatoms. The Bertz CT molecular complexity index is 407. The monoisotopic (exact) mass is 268 g/mol. The summed E-state index contributed by atoms with van der Waals surface area (Å²) < 4.78 is 0. The van der Waals surface area contributed by atoms with E-state index in [9.17, 15) is 0 Å². The summed E-state index contributed by atoms with van der Waals surface area (Å²) in [4.78, 5) is 0. The highest BCUT2D eigenvalue weighted by atomic mass is 14.2. The second-order valence-corrected chi connectivity index (χ2v) is 6.05. The van der Waals surface area contributed by atoms with Crippen LogP contribution in [0.4, 0.5) is 0 Å². The molecule has 1 aromatic carbocycles. The summed E-state index contributed by atoms with van der Waals surface area (Å²) in [6.07, 6.45) is 16.4. The second kappa shape index (κ2) is 8.79. The van der Waals surface area contributed by atoms with Crippen molar-refractivity contribution >= 4 is 0 Å². The molecule has 0 radical (unpaired) electrons. The van der Waals surface area contributed by atoms with Crippen LogP contribution in [0.3, 0.4) is 0 Å². The molecule has 0 spiro atoms. The van der Waals surface area contributed by atoms with Gasteiger partial charge in [0.1, 0.15) is 0 Å². The number of unbranched alkanes of at least 4 members (excludes halogenated alkanes) is 1. The normalized spacial score (nSPS) is 16.6. The van der Waals surface area contributed by atoms with Gasteiger partial charge in [-0.3, -0.25) is 0 Å². The van der Waals surface area contributed by atoms with Gasteiger partial charge in [0, 0.05) is 0 Å². The Kier molecular flexibility index (Phi) is 6.63. The lowest BCUT2D eigenvalue weighted by molar-refractivity contribution is 0.400. The van der Waals surface area contributed by atoms with Gasteiger partial charge in [-0.15, -0.1) is 0 Å². The smallest absolute Gasteiger partial charge is 0.0139 e. The van der Waals surface area contributed by atoms with Gasteiger partial charge in [-0.25, -0.2) is 0 Å². The first kappa shape index (κ1) is 15.1. The molecular formula is C20H28. The average molecular weight is 268 g/mol. The molecule has 1 aliphatic carbocycles. The first-order valence-corrected chi connectivity index (χ1v) is 8.23. The molecule has 0 bridgehead atoms. The predicted molar refractivity (Wildman–Crippen MR) is 88.9 cm³/mol. The Hall–Kier alpha value is -1.30. The highest BCUT2D eigenvalue weighted by Gasteiger charge is 2.14. The third-order valence-electron chi connectivity index (χ3n) is 4.41. The maximum atomic E-state index is 4.29. The van der Waals surface area contributed by atoms with Gasteiger partial charge in [0.05, 0.1) is 0 Å². The molecule has 0 amide bonds. The van der Waals surface area contributed by atoms with Gasteiger partial charge in [-0.2, -0.15) is 0 Å². The lowest BCUT2D eigenvalue weighted by atomic mass is 9.83. The zero-order valence-electron chi connectivity index (χ0n) is 12.7. The van der Waals surface area contributed by atoms with Crippen LogP contribution >= 0.6 is 0 Å². The fourth-order valence-corrected chi connectivity index (χ4v) is 3.10. The fraction of sp³-hybridized carbons (Fsp3) is 0.500. The van der Waals surface area contributed by atoms with Crippen LogP contribution in [-0.2, 0) is 6.42 Å². The molecule has 2 rings (SSSR count). The minimum atomic E-state index is 0.803. The minimum absolute atomic E-state index is 0.803. The van der Waals surface area contributed by atoms with E-state index in [2.05, 4.69) is 49.1 Å². The SMILES string of the molecule is C=C(C/C=C/CCCc1ccccc1)C1CCCCC1. The van der Waals surface area contributed by atoms with E-state index in [0.29, 0.717) is 0 Å². The van der Waals surface area contributed by atoms with Crippen LogP contribution in [0, 0.1) is 5.92 Å². The lowest BCUT2D eigenvalue weighted by Gasteiger charge is -2.23. The van der Waals surface area contributed by atoms with Crippen molar-refractivity contribution in [1.29, 1.82) is 0 Å². The quantitative estimate of drug-likeness (QED) is 0.414. The summed E-state index contributed by atoms with van der Waals surface area (Å²) in [5, 5.41) is 0. The van der Waals surface area contributed by atoms with Crippen LogP contribution in [0.1, 0.15) is 56.9 Å². The number of hydrogen-bond acceptors (Lipinski definition) is 0. The van der Waals surface area contributed by atoms with Gasteiger partial charge < -0.3 is 0 Å². The molecule has 1 aromatic rings. The van der Waals surface area contributed by atoms with E-state index in [4.69, 9.17) is 0 Å². The lowest BCUT2D eigenvalue weighted by Crippen LogP contribution is -2.07. The highest BCUT2D eigenvalue weighted by Crippen LogP contribution is 2.30. The summed E-state index contributed by atoms with van der Waals surface area (Å²) in [5.41, 5.74) is 2.91. The Morgan fingerprint density at radius 3 is 2.55 bits per heavy atom. The molecule has 0 heterocycles. The van der Waals surface area contributed by atoms with Gasteiger partial charge >= 0.3 is 0 Å². The van der Waals surface area contributed by atoms with Crippen molar-refractivity contribution < 1.29 is 0 Å². The van der Waals surface area contributed by atoms with Crippen LogP contribution in [0.5, 0.6) is 0 Å². The van der Waals surface area contributed by atoms with Crippen molar-refractivity contribution in [2.45, 2.75) is 57.8 Å². The molecule has 0 aliphatic heterocycles. The van der Waals surface area contributed by atoms with E-state index < -0.39 is 0 Å². The van der Waals surface area contributed by atoms with Crippen LogP contribution in [0.15, 0.2) is 54.6 Å². The number of allylic oxidation sites excluding steroid dienone is 3. The Morgan fingerprint density at radius 2 is 1.80 bits per heavy atom. The van der Waals surface area contributed by atoms with Crippen LogP contribution < -0.4 is 0 Å². The number of hydrogen-bond donors (Lipinski definition) is 0. The van der Waals surface area contributed by atoms with Gasteiger partial charge in [-0.1, -0.05) is 73.9 Å². The molecule has 1 aliphatic rings. The molecule has 1 fully saturated rings. The molecule has 108 valence electrons. The van der Waals surface area contributed by atoms with Gasteiger partial charge in [0.15, 0.2) is 0 Å². The van der Waals surface area contributed by atoms with E-state index in [0.717, 1.165) is 12.3 Å². The minimum Gasteiger partial charge on any atom is -0.0993 e. The van der Waals surface area contributed by atoms with E-state index in [1.165, 1.54) is 62.5 Å². The maximum Gasteiger partial charge on any atom is -0.0139 e. The van der Waals surface area contributed by atoms with Gasteiger partial charge in [0.25, 0.3) is 0 Å². The van der Waals surface area contributed by atoms with Crippen molar-refractivity contribution in [3.8, 4) is 0 Å². The van der Waals surface area contributed by atoms with Gasteiger partial charge in [-0.05, 0) is 50.0 Å². The van der Waals surface area contributed by atoms with Crippen LogP contribution in [-0.4, -0.2) is 0 Å². The van der Waals surface area contributed by atoms with E-state index >= 15 is 0 Å². The van der Waals surface area contributed by atoms with Crippen molar-refractivity contribution in [3.63, 3.8) is 0 Å². The van der Waals surface area contributed by atoms with E-state index in [1.54, 1.807) is 0 Å². The molecule has 0 aromatic heterocycles. The molecule has 0 nitrogen and oxygen atoms in total. The van der Waals surface area contributed by atoms with Crippen molar-refractivity contribution in [3.05, 3.63) is 60.2 Å². The zero-order valence-corrected chi connectivity index (χ0v) is 12.7. The summed E-state index contributed by atoms with van der Waals surface area (Å²) in [6, 6.07) is 10.8. The molecule has 0 N–H and O–H groups in total. The summed E-state index contributed by atoms with van der Waals surface area (Å²) in [6.45, 7) is 4.29. The maximum absolute atomic E-state index is 4.29. The first-order valence-electron chi connectivity index (χ1n) is 8.23. The third-order valence-corrected chi connectivity index (χ3v) is 4.41. The molecular weight excluding hydrogens is 240 g/mol. The largest absolute Gasteiger partial charge is 0.0993 e.